The van der Waals surface area contributed by atoms with Crippen LogP contribution < -0.4 is 0 Å². The van der Waals surface area contributed by atoms with Gasteiger partial charge >= 0.3 is 0 Å². The van der Waals surface area contributed by atoms with Crippen molar-refractivity contribution in [3.05, 3.63) is 41.7 Å². The molecule has 0 unspecified atom stereocenters. The Hall–Kier alpha value is -2.28. The Morgan fingerprint density at radius 2 is 2.08 bits per heavy atom. The number of rotatable bonds is 4. The van der Waals surface area contributed by atoms with E-state index in [1.54, 1.807) is 21.7 Å². The Labute approximate surface area is 146 Å². The lowest BCUT2D eigenvalue weighted by atomic mass is 9.98. The molecular formula is C18H23FN4O2. The SMILES string of the molecule is CC(C)c1nc(C(=O)N2CCC(CO)CC2)nn1-c1cccc(F)c1. The van der Waals surface area contributed by atoms with Gasteiger partial charge in [0.1, 0.15) is 11.6 Å². The number of hydrogen-bond donors (Lipinski definition) is 1. The van der Waals surface area contributed by atoms with Crippen LogP contribution in [0, 0.1) is 11.7 Å². The number of carbonyl (C=O) groups is 1. The zero-order valence-electron chi connectivity index (χ0n) is 14.5. The van der Waals surface area contributed by atoms with Crippen LogP contribution in [0.2, 0.25) is 0 Å². The predicted octanol–water partition coefficient (Wildman–Crippen LogP) is 2.37. The molecular weight excluding hydrogens is 323 g/mol. The molecule has 0 saturated carbocycles. The maximum absolute atomic E-state index is 13.6. The molecule has 0 spiro atoms. The Morgan fingerprint density at radius 3 is 2.68 bits per heavy atom. The van der Waals surface area contributed by atoms with E-state index in [4.69, 9.17) is 0 Å². The average molecular weight is 346 g/mol. The van der Waals surface area contributed by atoms with Crippen LogP contribution in [0.15, 0.2) is 24.3 Å². The number of piperidine rings is 1. The van der Waals surface area contributed by atoms with Gasteiger partial charge in [0, 0.05) is 25.6 Å². The van der Waals surface area contributed by atoms with Crippen molar-refractivity contribution in [1.82, 2.24) is 19.7 Å². The van der Waals surface area contributed by atoms with Crippen LogP contribution in [0.3, 0.4) is 0 Å². The standard InChI is InChI=1S/C18H23FN4O2/c1-12(2)17-20-16(18(25)22-8-6-13(11-24)7-9-22)21-23(17)15-5-3-4-14(19)10-15/h3-5,10,12-13,24H,6-9,11H2,1-2H3. The average Bonchev–Trinajstić information content (AvgIpc) is 3.07. The minimum absolute atomic E-state index is 0.0393. The van der Waals surface area contributed by atoms with Gasteiger partial charge in [-0.25, -0.2) is 14.1 Å². The zero-order valence-corrected chi connectivity index (χ0v) is 14.5. The summed E-state index contributed by atoms with van der Waals surface area (Å²) in [5.74, 6) is 0.482. The second-order valence-electron chi connectivity index (χ2n) is 6.76. The lowest BCUT2D eigenvalue weighted by Gasteiger charge is -2.30. The second kappa shape index (κ2) is 7.31. The summed E-state index contributed by atoms with van der Waals surface area (Å²) in [6.07, 6.45) is 1.56. The summed E-state index contributed by atoms with van der Waals surface area (Å²) in [7, 11) is 0. The summed E-state index contributed by atoms with van der Waals surface area (Å²) in [5, 5.41) is 13.6. The van der Waals surface area contributed by atoms with Crippen LogP contribution in [-0.4, -0.2) is 50.4 Å². The van der Waals surface area contributed by atoms with Gasteiger partial charge in [-0.2, -0.15) is 0 Å². The largest absolute Gasteiger partial charge is 0.396 e. The highest BCUT2D eigenvalue weighted by Gasteiger charge is 2.27. The second-order valence-corrected chi connectivity index (χ2v) is 6.76. The van der Waals surface area contributed by atoms with Crippen LogP contribution in [0.25, 0.3) is 5.69 Å². The molecule has 25 heavy (non-hydrogen) atoms. The maximum Gasteiger partial charge on any atom is 0.293 e. The Bertz CT molecular complexity index is 751. The van der Waals surface area contributed by atoms with E-state index in [9.17, 15) is 14.3 Å². The van der Waals surface area contributed by atoms with Gasteiger partial charge in [-0.1, -0.05) is 19.9 Å². The topological polar surface area (TPSA) is 71.2 Å². The lowest BCUT2D eigenvalue weighted by molar-refractivity contribution is 0.0639. The molecule has 134 valence electrons. The normalized spacial score (nSPS) is 15.8. The number of likely N-dealkylation sites (tertiary alicyclic amines) is 1. The quantitative estimate of drug-likeness (QED) is 0.923. The van der Waals surface area contributed by atoms with Gasteiger partial charge in [-0.05, 0) is 37.0 Å². The van der Waals surface area contributed by atoms with Gasteiger partial charge in [-0.3, -0.25) is 4.79 Å². The molecule has 1 N–H and O–H groups in total. The minimum atomic E-state index is -0.360. The molecule has 1 aromatic carbocycles. The van der Waals surface area contributed by atoms with Crippen molar-refractivity contribution in [2.45, 2.75) is 32.6 Å². The van der Waals surface area contributed by atoms with Crippen molar-refractivity contribution < 1.29 is 14.3 Å². The highest BCUT2D eigenvalue weighted by molar-refractivity contribution is 5.90. The first kappa shape index (κ1) is 17.5. The summed E-state index contributed by atoms with van der Waals surface area (Å²) in [4.78, 5) is 18.9. The first-order chi connectivity index (χ1) is 12.0. The molecule has 1 aliphatic heterocycles. The molecule has 1 aromatic heterocycles. The fourth-order valence-electron chi connectivity index (χ4n) is 3.05. The van der Waals surface area contributed by atoms with Crippen molar-refractivity contribution in [2.24, 2.45) is 5.92 Å². The smallest absolute Gasteiger partial charge is 0.293 e. The molecule has 0 bridgehead atoms. The van der Waals surface area contributed by atoms with Crippen LogP contribution >= 0.6 is 0 Å². The minimum Gasteiger partial charge on any atom is -0.396 e. The lowest BCUT2D eigenvalue weighted by Crippen LogP contribution is -2.39. The first-order valence-electron chi connectivity index (χ1n) is 8.62. The van der Waals surface area contributed by atoms with Gasteiger partial charge in [0.2, 0.25) is 5.82 Å². The molecule has 1 amide bonds. The van der Waals surface area contributed by atoms with E-state index in [1.165, 1.54) is 12.1 Å². The Kier molecular flexibility index (Phi) is 5.13. The third-order valence-electron chi connectivity index (χ3n) is 4.55. The third-order valence-corrected chi connectivity index (χ3v) is 4.55. The van der Waals surface area contributed by atoms with Crippen molar-refractivity contribution in [3.63, 3.8) is 0 Å². The van der Waals surface area contributed by atoms with E-state index in [0.717, 1.165) is 12.8 Å². The summed E-state index contributed by atoms with van der Waals surface area (Å²) in [6.45, 7) is 5.26. The molecule has 2 heterocycles. The van der Waals surface area contributed by atoms with Crippen LogP contribution in [0.5, 0.6) is 0 Å². The highest BCUT2D eigenvalue weighted by Crippen LogP contribution is 2.21. The van der Waals surface area contributed by atoms with Crippen molar-refractivity contribution >= 4 is 5.91 Å². The molecule has 2 aromatic rings. The van der Waals surface area contributed by atoms with E-state index < -0.39 is 0 Å². The predicted molar refractivity (Wildman–Crippen MR) is 91.1 cm³/mol. The molecule has 0 atom stereocenters. The first-order valence-corrected chi connectivity index (χ1v) is 8.62. The number of hydrogen-bond acceptors (Lipinski definition) is 4. The van der Waals surface area contributed by atoms with Gasteiger partial charge < -0.3 is 10.0 Å². The number of aliphatic hydroxyl groups is 1. The van der Waals surface area contributed by atoms with Crippen LogP contribution in [0.1, 0.15) is 49.1 Å². The van der Waals surface area contributed by atoms with Crippen molar-refractivity contribution in [2.75, 3.05) is 19.7 Å². The molecule has 1 fully saturated rings. The van der Waals surface area contributed by atoms with Gasteiger partial charge in [0.05, 0.1) is 5.69 Å². The van der Waals surface area contributed by atoms with E-state index in [0.29, 0.717) is 24.6 Å². The third kappa shape index (κ3) is 3.71. The molecule has 1 aliphatic rings. The number of halogens is 1. The Morgan fingerprint density at radius 1 is 1.36 bits per heavy atom. The summed E-state index contributed by atoms with van der Waals surface area (Å²) in [5.41, 5.74) is 0.550. The maximum atomic E-state index is 13.6. The van der Waals surface area contributed by atoms with Crippen LogP contribution in [-0.2, 0) is 0 Å². The molecule has 0 aliphatic carbocycles. The van der Waals surface area contributed by atoms with Gasteiger partial charge in [0.15, 0.2) is 0 Å². The fraction of sp³-hybridized carbons (Fsp3) is 0.500. The molecule has 7 heteroatoms. The molecule has 0 radical (unpaired) electrons. The van der Waals surface area contributed by atoms with Gasteiger partial charge in [0.25, 0.3) is 5.91 Å². The summed E-state index contributed by atoms with van der Waals surface area (Å²) >= 11 is 0. The number of carbonyl (C=O) groups excluding carboxylic acids is 1. The van der Waals surface area contributed by atoms with E-state index >= 15 is 0 Å². The van der Waals surface area contributed by atoms with E-state index in [1.807, 2.05) is 13.8 Å². The summed E-state index contributed by atoms with van der Waals surface area (Å²) < 4.78 is 15.1. The monoisotopic (exact) mass is 346 g/mol. The Balaban J connectivity index is 1.88. The van der Waals surface area contributed by atoms with Crippen LogP contribution in [0.4, 0.5) is 4.39 Å². The molecule has 6 nitrogen and oxygen atoms in total. The summed E-state index contributed by atoms with van der Waals surface area (Å²) in [6, 6.07) is 6.09. The highest BCUT2D eigenvalue weighted by atomic mass is 19.1. The van der Waals surface area contributed by atoms with Crippen molar-refractivity contribution in [3.8, 4) is 5.69 Å². The number of nitrogens with zero attached hydrogens (tertiary/aromatic N) is 4. The molecule has 1 saturated heterocycles. The van der Waals surface area contributed by atoms with E-state index in [2.05, 4.69) is 10.1 Å². The number of aromatic nitrogens is 3. The number of amides is 1. The van der Waals surface area contributed by atoms with Crippen molar-refractivity contribution in [1.29, 1.82) is 0 Å². The molecule has 3 rings (SSSR count). The zero-order chi connectivity index (χ0) is 18.0. The van der Waals surface area contributed by atoms with E-state index in [-0.39, 0.29) is 36.0 Å². The fourth-order valence-corrected chi connectivity index (χ4v) is 3.05. The number of aliphatic hydroxyl groups excluding tert-OH is 1. The van der Waals surface area contributed by atoms with Gasteiger partial charge in [-0.15, -0.1) is 5.10 Å². The number of benzene rings is 1.